The van der Waals surface area contributed by atoms with Gasteiger partial charge in [-0.2, -0.15) is 0 Å². The van der Waals surface area contributed by atoms with Crippen LogP contribution in [0.4, 0.5) is 5.69 Å². The summed E-state index contributed by atoms with van der Waals surface area (Å²) in [7, 11) is 0. The fourth-order valence-corrected chi connectivity index (χ4v) is 2.36. The van der Waals surface area contributed by atoms with E-state index in [2.05, 4.69) is 21.2 Å². The topological polar surface area (TPSA) is 75.6 Å². The normalized spacial score (nSPS) is 10.3. The molecule has 2 aromatic rings. The molecular weight excluding hydrogens is 398 g/mol. The van der Waals surface area contributed by atoms with Crippen LogP contribution in [0.3, 0.4) is 0 Å². The fraction of sp³-hybridized carbons (Fsp3) is 0.176. The lowest BCUT2D eigenvalue weighted by Crippen LogP contribution is -2.13. The summed E-state index contributed by atoms with van der Waals surface area (Å²) in [4.78, 5) is 22.9. The number of halogens is 2. The number of carbonyl (C=O) groups excluding carboxylic acids is 1. The molecule has 0 radical (unpaired) electrons. The third-order valence-electron chi connectivity index (χ3n) is 3.21. The largest absolute Gasteiger partial charge is 0.489 e. The number of hydrogen-bond donors (Lipinski definition) is 2. The van der Waals surface area contributed by atoms with Crippen LogP contribution in [-0.2, 0) is 11.4 Å². The molecular formula is C17H15BrClNO4. The van der Waals surface area contributed by atoms with E-state index in [0.29, 0.717) is 16.3 Å². The van der Waals surface area contributed by atoms with Crippen molar-refractivity contribution in [3.05, 3.63) is 57.0 Å². The van der Waals surface area contributed by atoms with Crippen LogP contribution in [0.2, 0.25) is 5.02 Å². The van der Waals surface area contributed by atoms with Crippen LogP contribution < -0.4 is 10.1 Å². The number of amides is 1. The molecule has 2 N–H and O–H groups in total. The van der Waals surface area contributed by atoms with Crippen molar-refractivity contribution < 1.29 is 19.4 Å². The van der Waals surface area contributed by atoms with Crippen molar-refractivity contribution in [2.75, 3.05) is 5.32 Å². The summed E-state index contributed by atoms with van der Waals surface area (Å²) in [5.74, 6) is -0.788. The highest BCUT2D eigenvalue weighted by molar-refractivity contribution is 9.10. The molecule has 0 atom stereocenters. The van der Waals surface area contributed by atoms with Gasteiger partial charge in [-0.05, 0) is 51.8 Å². The molecule has 1 amide bonds. The first-order chi connectivity index (χ1) is 11.4. The molecule has 126 valence electrons. The molecule has 24 heavy (non-hydrogen) atoms. The van der Waals surface area contributed by atoms with Gasteiger partial charge in [0.15, 0.2) is 0 Å². The Hall–Kier alpha value is -2.05. The van der Waals surface area contributed by atoms with Gasteiger partial charge in [0.05, 0.1) is 16.3 Å². The van der Waals surface area contributed by atoms with E-state index in [0.717, 1.165) is 4.47 Å². The van der Waals surface area contributed by atoms with Crippen molar-refractivity contribution in [3.8, 4) is 5.75 Å². The van der Waals surface area contributed by atoms with Gasteiger partial charge in [0.25, 0.3) is 0 Å². The molecule has 5 nitrogen and oxygen atoms in total. The van der Waals surface area contributed by atoms with Crippen LogP contribution >= 0.6 is 27.5 Å². The summed E-state index contributed by atoms with van der Waals surface area (Å²) in [6.45, 7) is 1.88. The minimum absolute atomic E-state index is 0.0201. The summed E-state index contributed by atoms with van der Waals surface area (Å²) in [6, 6.07) is 9.93. The van der Waals surface area contributed by atoms with Crippen LogP contribution in [0, 0.1) is 0 Å². The van der Waals surface area contributed by atoms with Gasteiger partial charge in [0, 0.05) is 10.9 Å². The summed E-state index contributed by atoms with van der Waals surface area (Å²) in [5, 5.41) is 12.4. The van der Waals surface area contributed by atoms with Crippen LogP contribution in [0.25, 0.3) is 0 Å². The predicted molar refractivity (Wildman–Crippen MR) is 95.8 cm³/mol. The van der Waals surface area contributed by atoms with Crippen molar-refractivity contribution in [1.29, 1.82) is 0 Å². The Balaban J connectivity index is 2.15. The molecule has 0 spiro atoms. The SMILES string of the molecule is CCC(=O)Nc1ccc(COc2ccc(Br)c(Cl)c2)cc1C(=O)O. The van der Waals surface area contributed by atoms with Gasteiger partial charge in [-0.25, -0.2) is 4.79 Å². The fourth-order valence-electron chi connectivity index (χ4n) is 1.94. The van der Waals surface area contributed by atoms with E-state index in [1.54, 1.807) is 37.3 Å². The van der Waals surface area contributed by atoms with Crippen molar-refractivity contribution in [2.45, 2.75) is 20.0 Å². The lowest BCUT2D eigenvalue weighted by atomic mass is 10.1. The van der Waals surface area contributed by atoms with E-state index < -0.39 is 5.97 Å². The van der Waals surface area contributed by atoms with E-state index in [1.165, 1.54) is 6.07 Å². The van der Waals surface area contributed by atoms with Gasteiger partial charge in [-0.1, -0.05) is 24.6 Å². The van der Waals surface area contributed by atoms with Gasteiger partial charge < -0.3 is 15.2 Å². The number of hydrogen-bond acceptors (Lipinski definition) is 3. The molecule has 0 fully saturated rings. The monoisotopic (exact) mass is 411 g/mol. The number of benzene rings is 2. The lowest BCUT2D eigenvalue weighted by molar-refractivity contribution is -0.115. The van der Waals surface area contributed by atoms with Crippen molar-refractivity contribution in [2.24, 2.45) is 0 Å². The van der Waals surface area contributed by atoms with Crippen molar-refractivity contribution in [3.63, 3.8) is 0 Å². The molecule has 0 heterocycles. The van der Waals surface area contributed by atoms with Crippen LogP contribution in [0.1, 0.15) is 29.3 Å². The standard InChI is InChI=1S/C17H15BrClNO4/c1-2-16(21)20-15-6-3-10(7-12(15)17(22)23)9-24-11-4-5-13(18)14(19)8-11/h3-8H,2,9H2,1H3,(H,20,21)(H,22,23). The number of rotatable bonds is 6. The third-order valence-corrected chi connectivity index (χ3v) is 4.44. The highest BCUT2D eigenvalue weighted by atomic mass is 79.9. The lowest BCUT2D eigenvalue weighted by Gasteiger charge is -2.11. The average Bonchev–Trinajstić information content (AvgIpc) is 2.56. The van der Waals surface area contributed by atoms with E-state index in [9.17, 15) is 14.7 Å². The van der Waals surface area contributed by atoms with Gasteiger partial charge in [-0.15, -0.1) is 0 Å². The average molecular weight is 413 g/mol. The first kappa shape index (κ1) is 18.3. The molecule has 0 bridgehead atoms. The Bertz CT molecular complexity index is 779. The number of nitrogens with one attached hydrogen (secondary N) is 1. The zero-order valence-corrected chi connectivity index (χ0v) is 15.1. The highest BCUT2D eigenvalue weighted by Gasteiger charge is 2.13. The Morgan fingerprint density at radius 1 is 1.25 bits per heavy atom. The second-order valence-corrected chi connectivity index (χ2v) is 6.21. The minimum Gasteiger partial charge on any atom is -0.489 e. The molecule has 0 aliphatic carbocycles. The van der Waals surface area contributed by atoms with Gasteiger partial charge in [0.2, 0.25) is 5.91 Å². The zero-order valence-electron chi connectivity index (χ0n) is 12.8. The van der Waals surface area contributed by atoms with Crippen LogP contribution in [0.15, 0.2) is 40.9 Å². The van der Waals surface area contributed by atoms with E-state index >= 15 is 0 Å². The zero-order chi connectivity index (χ0) is 17.7. The second kappa shape index (κ2) is 8.17. The minimum atomic E-state index is -1.12. The molecule has 2 rings (SSSR count). The number of aromatic carboxylic acids is 1. The number of carbonyl (C=O) groups is 2. The predicted octanol–water partition coefficient (Wildman–Crippen LogP) is 4.73. The first-order valence-corrected chi connectivity index (χ1v) is 8.31. The molecule has 7 heteroatoms. The van der Waals surface area contributed by atoms with E-state index in [-0.39, 0.29) is 30.2 Å². The smallest absolute Gasteiger partial charge is 0.337 e. The molecule has 2 aromatic carbocycles. The summed E-state index contributed by atoms with van der Waals surface area (Å²) >= 11 is 9.30. The maximum Gasteiger partial charge on any atom is 0.337 e. The van der Waals surface area contributed by atoms with Gasteiger partial charge in [-0.3, -0.25) is 4.79 Å². The molecule has 0 saturated carbocycles. The summed E-state index contributed by atoms with van der Waals surface area (Å²) in [5.41, 5.74) is 0.956. The van der Waals surface area contributed by atoms with Crippen molar-refractivity contribution in [1.82, 2.24) is 0 Å². The number of carboxylic acid groups (broad SMARTS) is 1. The number of anilines is 1. The second-order valence-electron chi connectivity index (χ2n) is 4.95. The van der Waals surface area contributed by atoms with E-state index in [1.807, 2.05) is 0 Å². The van der Waals surface area contributed by atoms with Crippen LogP contribution in [-0.4, -0.2) is 17.0 Å². The Morgan fingerprint density at radius 3 is 2.62 bits per heavy atom. The van der Waals surface area contributed by atoms with Crippen LogP contribution in [0.5, 0.6) is 5.75 Å². The summed E-state index contributed by atoms with van der Waals surface area (Å²) < 4.78 is 6.38. The molecule has 0 aliphatic rings. The molecule has 0 unspecified atom stereocenters. The van der Waals surface area contributed by atoms with Gasteiger partial charge >= 0.3 is 5.97 Å². The quantitative estimate of drug-likeness (QED) is 0.719. The molecule has 0 aromatic heterocycles. The third kappa shape index (κ3) is 4.72. The van der Waals surface area contributed by atoms with E-state index in [4.69, 9.17) is 16.3 Å². The highest BCUT2D eigenvalue weighted by Crippen LogP contribution is 2.27. The Morgan fingerprint density at radius 2 is 2.00 bits per heavy atom. The van der Waals surface area contributed by atoms with Gasteiger partial charge in [0.1, 0.15) is 12.4 Å². The number of ether oxygens (including phenoxy) is 1. The summed E-state index contributed by atoms with van der Waals surface area (Å²) in [6.07, 6.45) is 0.272. The Kier molecular flexibility index (Phi) is 6.23. The maximum absolute atomic E-state index is 11.5. The number of carboxylic acids is 1. The Labute approximate surface area is 152 Å². The molecule has 0 saturated heterocycles. The van der Waals surface area contributed by atoms with Crippen molar-refractivity contribution >= 4 is 45.1 Å². The maximum atomic E-state index is 11.5. The molecule has 0 aliphatic heterocycles. The first-order valence-electron chi connectivity index (χ1n) is 7.14.